The monoisotopic (exact) mass is 218 g/mol. The summed E-state index contributed by atoms with van der Waals surface area (Å²) in [6.07, 6.45) is 2.73. The number of ether oxygens (including phenoxy) is 1. The minimum atomic E-state index is 0.230. The smallest absolute Gasteiger partial charge is 0.162 e. The minimum absolute atomic E-state index is 0.230. The first kappa shape index (κ1) is 11.3. The van der Waals surface area contributed by atoms with Crippen LogP contribution in [-0.2, 0) is 4.74 Å². The minimum Gasteiger partial charge on any atom is -0.381 e. The number of hydrogen-bond donors (Lipinski definition) is 0. The second-order valence-electron chi connectivity index (χ2n) is 4.29. The number of carbonyl (C=O) groups is 1. The van der Waals surface area contributed by atoms with Crippen LogP contribution in [0.5, 0.6) is 0 Å². The molecule has 1 fully saturated rings. The van der Waals surface area contributed by atoms with Gasteiger partial charge in [-0.3, -0.25) is 4.79 Å². The zero-order valence-corrected chi connectivity index (χ0v) is 9.74. The van der Waals surface area contributed by atoms with E-state index >= 15 is 0 Å². The molecule has 0 unspecified atom stereocenters. The molecule has 2 nitrogen and oxygen atoms in total. The van der Waals surface area contributed by atoms with E-state index in [4.69, 9.17) is 4.74 Å². The molecule has 2 rings (SSSR count). The van der Waals surface area contributed by atoms with Crippen LogP contribution in [-0.4, -0.2) is 19.0 Å². The highest BCUT2D eigenvalue weighted by Crippen LogP contribution is 2.27. The molecule has 0 spiro atoms. The number of benzene rings is 1. The zero-order chi connectivity index (χ0) is 11.4. The van der Waals surface area contributed by atoms with E-state index in [1.54, 1.807) is 0 Å². The summed E-state index contributed by atoms with van der Waals surface area (Å²) >= 11 is 0. The Morgan fingerprint density at radius 1 is 1.38 bits per heavy atom. The van der Waals surface area contributed by atoms with Crippen LogP contribution < -0.4 is 0 Å². The fourth-order valence-electron chi connectivity index (χ4n) is 2.20. The molecular formula is C14H18O2. The first-order valence-electron chi connectivity index (χ1n) is 6.02. The van der Waals surface area contributed by atoms with Crippen LogP contribution in [0.25, 0.3) is 0 Å². The van der Waals surface area contributed by atoms with Crippen LogP contribution >= 0.6 is 0 Å². The molecule has 0 bridgehead atoms. The third-order valence-corrected chi connectivity index (χ3v) is 3.22. The number of hydrogen-bond acceptors (Lipinski definition) is 2. The Labute approximate surface area is 96.6 Å². The highest BCUT2D eigenvalue weighted by Gasteiger charge is 2.16. The predicted molar refractivity (Wildman–Crippen MR) is 63.9 cm³/mol. The summed E-state index contributed by atoms with van der Waals surface area (Å²) in [5.74, 6) is 0.798. The van der Waals surface area contributed by atoms with E-state index in [-0.39, 0.29) is 5.78 Å². The second kappa shape index (κ2) is 5.26. The Bertz CT molecular complexity index is 365. The highest BCUT2D eigenvalue weighted by molar-refractivity contribution is 5.95. The van der Waals surface area contributed by atoms with Crippen LogP contribution in [0, 0.1) is 0 Å². The van der Waals surface area contributed by atoms with Crippen molar-refractivity contribution in [3.8, 4) is 0 Å². The molecule has 0 amide bonds. The summed E-state index contributed by atoms with van der Waals surface area (Å²) in [5.41, 5.74) is 2.15. The van der Waals surface area contributed by atoms with E-state index in [1.165, 1.54) is 5.56 Å². The lowest BCUT2D eigenvalue weighted by Crippen LogP contribution is -2.14. The molecule has 86 valence electrons. The predicted octanol–water partition coefficient (Wildman–Crippen LogP) is 3.17. The van der Waals surface area contributed by atoms with Gasteiger partial charge < -0.3 is 4.74 Å². The third kappa shape index (κ3) is 2.50. The molecule has 0 saturated carbocycles. The number of rotatable bonds is 3. The standard InChI is InChI=1S/C14H18O2/c1-2-14(15)13-5-3-4-12(10-13)11-6-8-16-9-7-11/h3-5,10-11H,2,6-9H2,1H3. The Kier molecular flexibility index (Phi) is 3.73. The average molecular weight is 218 g/mol. The van der Waals surface area contributed by atoms with Crippen molar-refractivity contribution in [1.29, 1.82) is 0 Å². The fourth-order valence-corrected chi connectivity index (χ4v) is 2.20. The van der Waals surface area contributed by atoms with Gasteiger partial charge in [0.2, 0.25) is 0 Å². The van der Waals surface area contributed by atoms with E-state index in [2.05, 4.69) is 12.1 Å². The topological polar surface area (TPSA) is 26.3 Å². The Balaban J connectivity index is 2.17. The molecule has 1 aromatic carbocycles. The van der Waals surface area contributed by atoms with Gasteiger partial charge in [0.15, 0.2) is 5.78 Å². The normalized spacial score (nSPS) is 17.3. The zero-order valence-electron chi connectivity index (χ0n) is 9.74. The van der Waals surface area contributed by atoms with Crippen molar-refractivity contribution >= 4 is 5.78 Å². The first-order chi connectivity index (χ1) is 7.81. The molecule has 0 aromatic heterocycles. The molecule has 0 atom stereocenters. The van der Waals surface area contributed by atoms with Gasteiger partial charge in [0.05, 0.1) is 0 Å². The summed E-state index contributed by atoms with van der Waals surface area (Å²) in [4.78, 5) is 11.6. The van der Waals surface area contributed by atoms with E-state index in [0.717, 1.165) is 31.6 Å². The van der Waals surface area contributed by atoms with Crippen molar-refractivity contribution in [2.24, 2.45) is 0 Å². The van der Waals surface area contributed by atoms with Crippen molar-refractivity contribution in [3.63, 3.8) is 0 Å². The maximum absolute atomic E-state index is 11.6. The molecule has 1 aliphatic heterocycles. The Morgan fingerprint density at radius 3 is 2.81 bits per heavy atom. The Morgan fingerprint density at radius 2 is 2.12 bits per heavy atom. The van der Waals surface area contributed by atoms with Crippen molar-refractivity contribution in [2.75, 3.05) is 13.2 Å². The summed E-state index contributed by atoms with van der Waals surface area (Å²) < 4.78 is 5.35. The van der Waals surface area contributed by atoms with Crippen LogP contribution in [0.15, 0.2) is 24.3 Å². The highest BCUT2D eigenvalue weighted by atomic mass is 16.5. The van der Waals surface area contributed by atoms with Gasteiger partial charge in [-0.15, -0.1) is 0 Å². The maximum Gasteiger partial charge on any atom is 0.162 e. The summed E-state index contributed by atoms with van der Waals surface area (Å²) in [6, 6.07) is 8.09. The second-order valence-corrected chi connectivity index (χ2v) is 4.29. The van der Waals surface area contributed by atoms with Crippen LogP contribution in [0.1, 0.15) is 48.0 Å². The van der Waals surface area contributed by atoms with Crippen molar-refractivity contribution < 1.29 is 9.53 Å². The average Bonchev–Trinajstić information content (AvgIpc) is 2.39. The molecule has 0 radical (unpaired) electrons. The van der Waals surface area contributed by atoms with E-state index < -0.39 is 0 Å². The summed E-state index contributed by atoms with van der Waals surface area (Å²) in [6.45, 7) is 3.59. The van der Waals surface area contributed by atoms with Gasteiger partial charge in [-0.25, -0.2) is 0 Å². The first-order valence-corrected chi connectivity index (χ1v) is 6.02. The largest absolute Gasteiger partial charge is 0.381 e. The van der Waals surface area contributed by atoms with Crippen LogP contribution in [0.3, 0.4) is 0 Å². The molecule has 1 saturated heterocycles. The van der Waals surface area contributed by atoms with Crippen molar-refractivity contribution in [1.82, 2.24) is 0 Å². The lowest BCUT2D eigenvalue weighted by atomic mass is 9.90. The number of carbonyl (C=O) groups excluding carboxylic acids is 1. The fraction of sp³-hybridized carbons (Fsp3) is 0.500. The van der Waals surface area contributed by atoms with Gasteiger partial charge in [-0.05, 0) is 30.4 Å². The third-order valence-electron chi connectivity index (χ3n) is 3.22. The van der Waals surface area contributed by atoms with Crippen molar-refractivity contribution in [2.45, 2.75) is 32.1 Å². The molecule has 0 aliphatic carbocycles. The van der Waals surface area contributed by atoms with E-state index in [1.807, 2.05) is 19.1 Å². The molecule has 1 aromatic rings. The summed E-state index contributed by atoms with van der Waals surface area (Å²) in [5, 5.41) is 0. The Hall–Kier alpha value is -1.15. The van der Waals surface area contributed by atoms with Gasteiger partial charge in [0.1, 0.15) is 0 Å². The van der Waals surface area contributed by atoms with Gasteiger partial charge in [-0.2, -0.15) is 0 Å². The van der Waals surface area contributed by atoms with Crippen molar-refractivity contribution in [3.05, 3.63) is 35.4 Å². The lowest BCUT2D eigenvalue weighted by Gasteiger charge is -2.22. The summed E-state index contributed by atoms with van der Waals surface area (Å²) in [7, 11) is 0. The SMILES string of the molecule is CCC(=O)c1cccc(C2CCOCC2)c1. The van der Waals surface area contributed by atoms with Crippen LogP contribution in [0.2, 0.25) is 0 Å². The molecule has 16 heavy (non-hydrogen) atoms. The van der Waals surface area contributed by atoms with Gasteiger partial charge in [0.25, 0.3) is 0 Å². The lowest BCUT2D eigenvalue weighted by molar-refractivity contribution is 0.0853. The van der Waals surface area contributed by atoms with Crippen LogP contribution in [0.4, 0.5) is 0 Å². The maximum atomic E-state index is 11.6. The van der Waals surface area contributed by atoms with Gasteiger partial charge in [-0.1, -0.05) is 25.1 Å². The number of Topliss-reactive ketones (excluding diaryl/α,β-unsaturated/α-hetero) is 1. The quantitative estimate of drug-likeness (QED) is 0.728. The van der Waals surface area contributed by atoms with E-state index in [0.29, 0.717) is 12.3 Å². The number of ketones is 1. The molecule has 2 heteroatoms. The van der Waals surface area contributed by atoms with Gasteiger partial charge >= 0.3 is 0 Å². The van der Waals surface area contributed by atoms with Gasteiger partial charge in [0, 0.05) is 25.2 Å². The molecule has 0 N–H and O–H groups in total. The molecular weight excluding hydrogens is 200 g/mol. The molecule has 1 aliphatic rings. The molecule has 1 heterocycles. The van der Waals surface area contributed by atoms with E-state index in [9.17, 15) is 4.79 Å².